The first-order valence-electron chi connectivity index (χ1n) is 7.85. The fourth-order valence-electron chi connectivity index (χ4n) is 2.68. The highest BCUT2D eigenvalue weighted by atomic mass is 35.5. The van der Waals surface area contributed by atoms with Gasteiger partial charge in [-0.3, -0.25) is 10.1 Å². The molecule has 6 heteroatoms. The van der Waals surface area contributed by atoms with Crippen molar-refractivity contribution in [2.24, 2.45) is 0 Å². The van der Waals surface area contributed by atoms with E-state index in [1.165, 1.54) is 33.6 Å². The van der Waals surface area contributed by atoms with E-state index in [2.05, 4.69) is 49.3 Å². The minimum absolute atomic E-state index is 0.228. The lowest BCUT2D eigenvalue weighted by molar-refractivity contribution is 0.102. The van der Waals surface area contributed by atoms with Crippen LogP contribution in [-0.2, 0) is 0 Å². The number of nitrogens with one attached hydrogen (secondary N) is 1. The Morgan fingerprint density at radius 2 is 1.60 bits per heavy atom. The van der Waals surface area contributed by atoms with Gasteiger partial charge in [-0.15, -0.1) is 10.2 Å². The largest absolute Gasteiger partial charge is 0.296 e. The van der Waals surface area contributed by atoms with Gasteiger partial charge in [-0.25, -0.2) is 0 Å². The van der Waals surface area contributed by atoms with Gasteiger partial charge in [0, 0.05) is 16.1 Å². The summed E-state index contributed by atoms with van der Waals surface area (Å²) in [6.07, 6.45) is 0. The molecular weight excluding hydrogens is 354 g/mol. The Morgan fingerprint density at radius 1 is 1.00 bits per heavy atom. The van der Waals surface area contributed by atoms with Crippen LogP contribution < -0.4 is 5.32 Å². The Kier molecular flexibility index (Phi) is 4.88. The lowest BCUT2D eigenvalue weighted by atomic mass is 9.95. The average Bonchev–Trinajstić information content (AvgIpc) is 3.02. The normalized spacial score (nSPS) is 10.8. The van der Waals surface area contributed by atoms with Gasteiger partial charge < -0.3 is 0 Å². The van der Waals surface area contributed by atoms with Crippen molar-refractivity contribution in [1.29, 1.82) is 0 Å². The van der Waals surface area contributed by atoms with Crippen molar-refractivity contribution in [1.82, 2.24) is 10.2 Å². The summed E-state index contributed by atoms with van der Waals surface area (Å²) in [4.78, 5) is 12.3. The summed E-state index contributed by atoms with van der Waals surface area (Å²) in [5.41, 5.74) is 6.45. The van der Waals surface area contributed by atoms with E-state index in [9.17, 15) is 4.79 Å². The number of aryl methyl sites for hydroxylation is 2. The maximum atomic E-state index is 12.3. The maximum absolute atomic E-state index is 12.3. The van der Waals surface area contributed by atoms with Crippen LogP contribution in [0.15, 0.2) is 30.3 Å². The Bertz CT molecular complexity index is 922. The summed E-state index contributed by atoms with van der Waals surface area (Å²) >= 11 is 7.23. The quantitative estimate of drug-likeness (QED) is 0.675. The van der Waals surface area contributed by atoms with E-state index >= 15 is 0 Å². The Labute approximate surface area is 155 Å². The number of rotatable bonds is 3. The van der Waals surface area contributed by atoms with E-state index in [1.54, 1.807) is 24.3 Å². The molecule has 0 aliphatic carbocycles. The topological polar surface area (TPSA) is 54.9 Å². The predicted octanol–water partition coefficient (Wildman–Crippen LogP) is 5.34. The minimum atomic E-state index is -0.228. The molecule has 1 N–H and O–H groups in total. The number of hydrogen-bond donors (Lipinski definition) is 1. The van der Waals surface area contributed by atoms with Crippen LogP contribution in [0.25, 0.3) is 10.6 Å². The summed E-state index contributed by atoms with van der Waals surface area (Å²) in [5, 5.41) is 13.1. The molecule has 0 bridgehead atoms. The number of halogens is 1. The Hall–Kier alpha value is -2.24. The third-order valence-corrected chi connectivity index (χ3v) is 5.44. The fraction of sp³-hybridized carbons (Fsp3) is 0.211. The molecule has 3 aromatic rings. The fourth-order valence-corrected chi connectivity index (χ4v) is 3.71. The van der Waals surface area contributed by atoms with E-state index in [0.29, 0.717) is 15.7 Å². The van der Waals surface area contributed by atoms with Gasteiger partial charge in [0.2, 0.25) is 5.13 Å². The summed E-state index contributed by atoms with van der Waals surface area (Å²) in [7, 11) is 0. The molecule has 0 saturated carbocycles. The van der Waals surface area contributed by atoms with E-state index in [1.807, 2.05) is 0 Å². The zero-order chi connectivity index (χ0) is 18.1. The van der Waals surface area contributed by atoms with Gasteiger partial charge in [0.05, 0.1) is 0 Å². The van der Waals surface area contributed by atoms with E-state index in [0.717, 1.165) is 10.6 Å². The molecule has 0 unspecified atom stereocenters. The van der Waals surface area contributed by atoms with Crippen molar-refractivity contribution in [3.8, 4) is 10.6 Å². The molecule has 0 saturated heterocycles. The molecular formula is C19H18ClN3OS. The number of benzene rings is 2. The Balaban J connectivity index is 1.89. The molecule has 0 radical (unpaired) electrons. The molecule has 0 aliphatic heterocycles. The van der Waals surface area contributed by atoms with Gasteiger partial charge in [0.25, 0.3) is 5.91 Å². The van der Waals surface area contributed by atoms with Gasteiger partial charge in [0.1, 0.15) is 5.01 Å². The van der Waals surface area contributed by atoms with E-state index in [-0.39, 0.29) is 5.91 Å². The van der Waals surface area contributed by atoms with Crippen molar-refractivity contribution in [2.75, 3.05) is 5.32 Å². The molecule has 1 heterocycles. The van der Waals surface area contributed by atoms with Crippen molar-refractivity contribution in [2.45, 2.75) is 27.7 Å². The second kappa shape index (κ2) is 6.94. The zero-order valence-electron chi connectivity index (χ0n) is 14.5. The number of aromatic nitrogens is 2. The Morgan fingerprint density at radius 3 is 2.20 bits per heavy atom. The first kappa shape index (κ1) is 17.6. The second-order valence-electron chi connectivity index (χ2n) is 6.01. The lowest BCUT2D eigenvalue weighted by Gasteiger charge is -2.12. The predicted molar refractivity (Wildman–Crippen MR) is 104 cm³/mol. The molecule has 128 valence electrons. The van der Waals surface area contributed by atoms with Gasteiger partial charge >= 0.3 is 0 Å². The summed E-state index contributed by atoms with van der Waals surface area (Å²) in [6, 6.07) is 8.91. The molecule has 0 spiro atoms. The second-order valence-corrected chi connectivity index (χ2v) is 7.42. The van der Waals surface area contributed by atoms with Crippen molar-refractivity contribution in [3.63, 3.8) is 0 Å². The number of hydrogen-bond acceptors (Lipinski definition) is 4. The molecule has 0 aliphatic rings. The van der Waals surface area contributed by atoms with Crippen molar-refractivity contribution < 1.29 is 4.79 Å². The number of carbonyl (C=O) groups excluding carboxylic acids is 1. The third kappa shape index (κ3) is 3.57. The van der Waals surface area contributed by atoms with Crippen LogP contribution in [0.4, 0.5) is 5.13 Å². The van der Waals surface area contributed by atoms with Gasteiger partial charge in [-0.1, -0.05) is 29.0 Å². The highest BCUT2D eigenvalue weighted by molar-refractivity contribution is 7.18. The number of carbonyl (C=O) groups is 1. The van der Waals surface area contributed by atoms with Crippen LogP contribution in [0, 0.1) is 27.7 Å². The van der Waals surface area contributed by atoms with Crippen LogP contribution in [-0.4, -0.2) is 16.1 Å². The van der Waals surface area contributed by atoms with Crippen LogP contribution in [0.3, 0.4) is 0 Å². The summed E-state index contributed by atoms with van der Waals surface area (Å²) in [6.45, 7) is 8.36. The van der Waals surface area contributed by atoms with Crippen molar-refractivity contribution >= 4 is 34.0 Å². The molecule has 0 atom stereocenters. The van der Waals surface area contributed by atoms with Crippen molar-refractivity contribution in [3.05, 3.63) is 63.2 Å². The number of anilines is 1. The van der Waals surface area contributed by atoms with Crippen LogP contribution in [0.2, 0.25) is 5.02 Å². The molecule has 0 fully saturated rings. The highest BCUT2D eigenvalue weighted by Gasteiger charge is 2.16. The monoisotopic (exact) mass is 371 g/mol. The number of amides is 1. The standard InChI is InChI=1S/C19H18ClN3OS/c1-10-9-11(2)13(4)16(12(10)3)18-22-23-19(25-18)21-17(24)14-5-7-15(20)8-6-14/h5-9H,1-4H3,(H,21,23,24). The molecule has 25 heavy (non-hydrogen) atoms. The number of nitrogens with zero attached hydrogens (tertiary/aromatic N) is 2. The average molecular weight is 372 g/mol. The van der Waals surface area contributed by atoms with E-state index < -0.39 is 0 Å². The van der Waals surface area contributed by atoms with Crippen LogP contribution in [0.5, 0.6) is 0 Å². The highest BCUT2D eigenvalue weighted by Crippen LogP contribution is 2.34. The van der Waals surface area contributed by atoms with Gasteiger partial charge in [-0.2, -0.15) is 0 Å². The molecule has 1 amide bonds. The smallest absolute Gasteiger partial charge is 0.257 e. The van der Waals surface area contributed by atoms with Gasteiger partial charge in [0.15, 0.2) is 0 Å². The van der Waals surface area contributed by atoms with Crippen LogP contribution >= 0.6 is 22.9 Å². The minimum Gasteiger partial charge on any atom is -0.296 e. The third-order valence-electron chi connectivity index (χ3n) is 4.33. The molecule has 3 rings (SSSR count). The molecule has 4 nitrogen and oxygen atoms in total. The lowest BCUT2D eigenvalue weighted by Crippen LogP contribution is -2.11. The first-order chi connectivity index (χ1) is 11.9. The van der Waals surface area contributed by atoms with Gasteiger partial charge in [-0.05, 0) is 74.2 Å². The molecule has 1 aromatic heterocycles. The maximum Gasteiger partial charge on any atom is 0.257 e. The van der Waals surface area contributed by atoms with Crippen LogP contribution in [0.1, 0.15) is 32.6 Å². The van der Waals surface area contributed by atoms with E-state index in [4.69, 9.17) is 11.6 Å². The SMILES string of the molecule is Cc1cc(C)c(C)c(-c2nnc(NC(=O)c3ccc(Cl)cc3)s2)c1C. The summed E-state index contributed by atoms with van der Waals surface area (Å²) < 4.78 is 0. The zero-order valence-corrected chi connectivity index (χ0v) is 16.0. The summed E-state index contributed by atoms with van der Waals surface area (Å²) in [5.74, 6) is -0.228. The molecule has 2 aromatic carbocycles. The first-order valence-corrected chi connectivity index (χ1v) is 9.04.